The molecule has 0 spiro atoms. The highest BCUT2D eigenvalue weighted by molar-refractivity contribution is 6.11. The second kappa shape index (κ2) is 6.18. The van der Waals surface area contributed by atoms with E-state index < -0.39 is 5.97 Å². The van der Waals surface area contributed by atoms with Crippen LogP contribution in [0.2, 0.25) is 0 Å². The third kappa shape index (κ3) is 2.57. The minimum atomic E-state index is -0.502. The Balaban J connectivity index is 1.97. The van der Waals surface area contributed by atoms with Gasteiger partial charge in [-0.25, -0.2) is 9.78 Å². The number of hydrogen-bond acceptors (Lipinski definition) is 6. The molecule has 0 aliphatic carbocycles. The van der Waals surface area contributed by atoms with E-state index in [9.17, 15) is 9.59 Å². The maximum Gasteiger partial charge on any atom is 0.356 e. The monoisotopic (exact) mass is 352 g/mol. The zero-order chi connectivity index (χ0) is 18.3. The molecular formula is C19H16N2O5. The number of rotatable bonds is 3. The molecule has 4 rings (SSSR count). The fourth-order valence-corrected chi connectivity index (χ4v) is 3.14. The van der Waals surface area contributed by atoms with Crippen LogP contribution in [-0.2, 0) is 25.6 Å². The molecule has 0 atom stereocenters. The molecule has 0 saturated carbocycles. The molecule has 1 aliphatic rings. The van der Waals surface area contributed by atoms with Crippen molar-refractivity contribution in [3.05, 3.63) is 47.5 Å². The fraction of sp³-hybridized carbons (Fsp3) is 0.211. The zero-order valence-electron chi connectivity index (χ0n) is 14.3. The van der Waals surface area contributed by atoms with E-state index in [2.05, 4.69) is 4.98 Å². The number of ether oxygens (including phenoxy) is 3. The average molecular weight is 352 g/mol. The van der Waals surface area contributed by atoms with Gasteiger partial charge in [0.15, 0.2) is 5.76 Å². The van der Waals surface area contributed by atoms with Crippen LogP contribution in [0.15, 0.2) is 36.1 Å². The van der Waals surface area contributed by atoms with Gasteiger partial charge in [-0.3, -0.25) is 4.79 Å². The van der Waals surface area contributed by atoms with Gasteiger partial charge in [-0.1, -0.05) is 18.2 Å². The predicted molar refractivity (Wildman–Crippen MR) is 94.3 cm³/mol. The van der Waals surface area contributed by atoms with Gasteiger partial charge in [-0.2, -0.15) is 0 Å². The van der Waals surface area contributed by atoms with Crippen molar-refractivity contribution < 1.29 is 23.8 Å². The van der Waals surface area contributed by atoms with Crippen LogP contribution in [0.3, 0.4) is 0 Å². The van der Waals surface area contributed by atoms with Gasteiger partial charge in [0.05, 0.1) is 24.3 Å². The van der Waals surface area contributed by atoms with Crippen molar-refractivity contribution in [2.24, 2.45) is 0 Å². The van der Waals surface area contributed by atoms with Crippen LogP contribution in [0.25, 0.3) is 28.0 Å². The number of aromatic nitrogens is 2. The van der Waals surface area contributed by atoms with Crippen molar-refractivity contribution in [3.8, 4) is 0 Å². The Hall–Kier alpha value is -3.35. The highest BCUT2D eigenvalue weighted by atomic mass is 16.6. The molecular weight excluding hydrogens is 336 g/mol. The summed E-state index contributed by atoms with van der Waals surface area (Å²) in [6, 6.07) is 9.57. The second-order valence-corrected chi connectivity index (χ2v) is 5.89. The molecule has 0 N–H and O–H groups in total. The first-order valence-electron chi connectivity index (χ1n) is 8.06. The van der Waals surface area contributed by atoms with Crippen molar-refractivity contribution in [1.82, 2.24) is 9.55 Å². The lowest BCUT2D eigenvalue weighted by molar-refractivity contribution is -0.140. The van der Waals surface area contributed by atoms with Gasteiger partial charge >= 0.3 is 11.9 Å². The maximum atomic E-state index is 12.0. The number of pyridine rings is 1. The average Bonchev–Trinajstić information content (AvgIpc) is 2.83. The molecule has 1 aliphatic heterocycles. The largest absolute Gasteiger partial charge is 0.486 e. The van der Waals surface area contributed by atoms with E-state index in [1.54, 1.807) is 12.3 Å². The van der Waals surface area contributed by atoms with Gasteiger partial charge < -0.3 is 18.8 Å². The first-order chi connectivity index (χ1) is 12.6. The van der Waals surface area contributed by atoms with Crippen molar-refractivity contribution in [1.29, 1.82) is 0 Å². The Morgan fingerprint density at radius 2 is 2.08 bits per heavy atom. The zero-order valence-corrected chi connectivity index (χ0v) is 14.3. The standard InChI is InChI=1S/C19H16N2O5/c1-11(22)25-9-12-8-21-17-6-4-3-5-13(17)14-7-15(19(23)24-2)20-16(10-26-12)18(14)21/h3-8H,9-10H2,1-2H3. The molecule has 3 aromatic rings. The molecule has 26 heavy (non-hydrogen) atoms. The lowest BCUT2D eigenvalue weighted by Gasteiger charge is -2.09. The Labute approximate surface area is 148 Å². The number of carbonyl (C=O) groups is 2. The summed E-state index contributed by atoms with van der Waals surface area (Å²) in [5.41, 5.74) is 2.65. The number of methoxy groups -OCH3 is 1. The van der Waals surface area contributed by atoms with Crippen LogP contribution in [0.4, 0.5) is 0 Å². The van der Waals surface area contributed by atoms with Crippen LogP contribution in [-0.4, -0.2) is 35.2 Å². The van der Waals surface area contributed by atoms with E-state index in [0.717, 1.165) is 21.8 Å². The number of carbonyl (C=O) groups excluding carboxylic acids is 2. The molecule has 7 heteroatoms. The number of benzene rings is 1. The smallest absolute Gasteiger partial charge is 0.356 e. The lowest BCUT2D eigenvalue weighted by atomic mass is 10.1. The summed E-state index contributed by atoms with van der Waals surface area (Å²) in [5, 5.41) is 1.88. The number of esters is 2. The summed E-state index contributed by atoms with van der Waals surface area (Å²) in [6.45, 7) is 1.53. The van der Waals surface area contributed by atoms with Crippen molar-refractivity contribution in [2.75, 3.05) is 13.7 Å². The Kier molecular flexibility index (Phi) is 3.84. The van der Waals surface area contributed by atoms with Crippen molar-refractivity contribution >= 4 is 39.9 Å². The van der Waals surface area contributed by atoms with E-state index in [0.29, 0.717) is 11.5 Å². The first-order valence-corrected chi connectivity index (χ1v) is 8.06. The first kappa shape index (κ1) is 16.1. The van der Waals surface area contributed by atoms with Gasteiger partial charge in [0, 0.05) is 17.7 Å². The summed E-state index contributed by atoms with van der Waals surface area (Å²) < 4.78 is 17.6. The summed E-state index contributed by atoms with van der Waals surface area (Å²) >= 11 is 0. The molecule has 0 saturated heterocycles. The van der Waals surface area contributed by atoms with Gasteiger partial charge in [-0.05, 0) is 12.1 Å². The molecule has 1 aromatic carbocycles. The summed E-state index contributed by atoms with van der Waals surface area (Å²) in [7, 11) is 1.32. The van der Waals surface area contributed by atoms with Crippen LogP contribution < -0.4 is 0 Å². The van der Waals surface area contributed by atoms with Crippen molar-refractivity contribution in [3.63, 3.8) is 0 Å². The lowest BCUT2D eigenvalue weighted by Crippen LogP contribution is -2.08. The normalized spacial score (nSPS) is 13.1. The van der Waals surface area contributed by atoms with E-state index in [4.69, 9.17) is 14.2 Å². The number of fused-ring (bicyclic) bond motifs is 3. The Morgan fingerprint density at radius 3 is 2.85 bits per heavy atom. The Bertz CT molecular complexity index is 1080. The van der Waals surface area contributed by atoms with Gasteiger partial charge in [-0.15, -0.1) is 0 Å². The van der Waals surface area contributed by atoms with Gasteiger partial charge in [0.25, 0.3) is 0 Å². The quantitative estimate of drug-likeness (QED) is 0.675. The summed E-state index contributed by atoms with van der Waals surface area (Å²) in [6.07, 6.45) is 1.80. The number of hydrogen-bond donors (Lipinski definition) is 0. The second-order valence-electron chi connectivity index (χ2n) is 5.89. The number of nitrogens with zero attached hydrogens (tertiary/aromatic N) is 2. The SMILES string of the molecule is COC(=O)c1cc2c3ccccc3n3c2c(n1)COC(COC(C)=O)=C3. The minimum absolute atomic E-state index is 0.0289. The minimum Gasteiger partial charge on any atom is -0.486 e. The maximum absolute atomic E-state index is 12.0. The van der Waals surface area contributed by atoms with Gasteiger partial charge in [0.2, 0.25) is 0 Å². The molecule has 0 radical (unpaired) electrons. The van der Waals surface area contributed by atoms with Crippen LogP contribution in [0.1, 0.15) is 23.1 Å². The van der Waals surface area contributed by atoms with Crippen LogP contribution in [0, 0.1) is 0 Å². The molecule has 7 nitrogen and oxygen atoms in total. The van der Waals surface area contributed by atoms with Crippen LogP contribution >= 0.6 is 0 Å². The van der Waals surface area contributed by atoms with E-state index >= 15 is 0 Å². The van der Waals surface area contributed by atoms with E-state index in [1.165, 1.54) is 14.0 Å². The highest BCUT2D eigenvalue weighted by Gasteiger charge is 2.22. The summed E-state index contributed by atoms with van der Waals surface area (Å²) in [4.78, 5) is 27.6. The van der Waals surface area contributed by atoms with E-state index in [-0.39, 0.29) is 24.9 Å². The molecule has 0 amide bonds. The highest BCUT2D eigenvalue weighted by Crippen LogP contribution is 2.34. The third-order valence-corrected chi connectivity index (χ3v) is 4.24. The molecule has 0 bridgehead atoms. The third-order valence-electron chi connectivity index (χ3n) is 4.24. The molecule has 3 heterocycles. The molecule has 132 valence electrons. The van der Waals surface area contributed by atoms with E-state index in [1.807, 2.05) is 28.8 Å². The molecule has 2 aromatic heterocycles. The number of para-hydroxylation sites is 1. The van der Waals surface area contributed by atoms with Crippen LogP contribution in [0.5, 0.6) is 0 Å². The van der Waals surface area contributed by atoms with Crippen molar-refractivity contribution in [2.45, 2.75) is 13.5 Å². The molecule has 0 fully saturated rings. The van der Waals surface area contributed by atoms with Gasteiger partial charge in [0.1, 0.15) is 24.6 Å². The Morgan fingerprint density at radius 1 is 1.27 bits per heavy atom. The fourth-order valence-electron chi connectivity index (χ4n) is 3.14. The predicted octanol–water partition coefficient (Wildman–Crippen LogP) is 2.87. The molecule has 0 unspecified atom stereocenters. The summed E-state index contributed by atoms with van der Waals surface area (Å²) in [5.74, 6) is -0.386. The topological polar surface area (TPSA) is 79.7 Å².